The normalized spacial score (nSPS) is 10.4. The quantitative estimate of drug-likeness (QED) is 0.384. The highest BCUT2D eigenvalue weighted by molar-refractivity contribution is 6.30. The van der Waals surface area contributed by atoms with E-state index in [1.54, 1.807) is 31.4 Å². The van der Waals surface area contributed by atoms with Crippen molar-refractivity contribution in [2.24, 2.45) is 0 Å². The number of rotatable bonds is 6. The third kappa shape index (κ3) is 4.72. The summed E-state index contributed by atoms with van der Waals surface area (Å²) >= 11 is 5.82. The Morgan fingerprint density at radius 1 is 1.00 bits per heavy atom. The van der Waals surface area contributed by atoms with E-state index in [9.17, 15) is 4.39 Å². The second-order valence-corrected chi connectivity index (χ2v) is 6.70. The van der Waals surface area contributed by atoms with Gasteiger partial charge in [-0.2, -0.15) is 0 Å². The first-order chi connectivity index (χ1) is 14.1. The molecule has 0 unspecified atom stereocenters. The Bertz CT molecular complexity index is 1160. The summed E-state index contributed by atoms with van der Waals surface area (Å²) in [5.74, 6) is 1.07. The highest BCUT2D eigenvalue weighted by Crippen LogP contribution is 2.35. The fourth-order valence-corrected chi connectivity index (χ4v) is 3.05. The molecule has 0 saturated carbocycles. The van der Waals surface area contributed by atoms with Crippen LogP contribution >= 0.6 is 24.0 Å². The second-order valence-electron chi connectivity index (χ2n) is 6.27. The summed E-state index contributed by atoms with van der Waals surface area (Å²) < 4.78 is 25.6. The zero-order chi connectivity index (χ0) is 20.2. The van der Waals surface area contributed by atoms with Gasteiger partial charge in [0.05, 0.1) is 18.3 Å². The van der Waals surface area contributed by atoms with Gasteiger partial charge < -0.3 is 14.8 Å². The standard InChI is InChI=1S/C22H17ClFN3O2.ClH/c1-28-20-10-16-19(11-21(20)29-12-14-5-3-2-4-6-14)25-13-26-22(16)27-18-8-7-15(23)9-17(18)24;/h2-11,13H,12H2,1H3,(H,25,26,27);1H. The summed E-state index contributed by atoms with van der Waals surface area (Å²) in [5.41, 5.74) is 1.94. The third-order valence-electron chi connectivity index (χ3n) is 4.34. The SMILES string of the molecule is COc1cc2c(Nc3ccc(Cl)cc3F)ncnc2cc1OCc1ccccc1.Cl. The lowest BCUT2D eigenvalue weighted by atomic mass is 10.2. The van der Waals surface area contributed by atoms with E-state index < -0.39 is 5.82 Å². The van der Waals surface area contributed by atoms with Crippen LogP contribution in [0.3, 0.4) is 0 Å². The topological polar surface area (TPSA) is 56.3 Å². The molecule has 4 aromatic rings. The van der Waals surface area contributed by atoms with E-state index in [1.165, 1.54) is 12.4 Å². The van der Waals surface area contributed by atoms with E-state index in [4.69, 9.17) is 21.1 Å². The van der Waals surface area contributed by atoms with Gasteiger partial charge in [0.1, 0.15) is 24.6 Å². The number of aromatic nitrogens is 2. The molecule has 0 fully saturated rings. The maximum Gasteiger partial charge on any atom is 0.163 e. The average Bonchev–Trinajstić information content (AvgIpc) is 2.74. The number of nitrogens with zero attached hydrogens (tertiary/aromatic N) is 2. The van der Waals surface area contributed by atoms with Gasteiger partial charge >= 0.3 is 0 Å². The molecular formula is C22H18Cl2FN3O2. The van der Waals surface area contributed by atoms with E-state index in [-0.39, 0.29) is 18.1 Å². The van der Waals surface area contributed by atoms with E-state index in [0.29, 0.717) is 39.8 Å². The first-order valence-corrected chi connectivity index (χ1v) is 9.23. The molecular weight excluding hydrogens is 428 g/mol. The van der Waals surface area contributed by atoms with Crippen molar-refractivity contribution in [3.8, 4) is 11.5 Å². The lowest BCUT2D eigenvalue weighted by Gasteiger charge is -2.14. The minimum atomic E-state index is -0.473. The molecule has 1 heterocycles. The van der Waals surface area contributed by atoms with Crippen molar-refractivity contribution in [3.05, 3.63) is 83.4 Å². The molecule has 0 atom stereocenters. The molecule has 0 spiro atoms. The molecule has 0 radical (unpaired) electrons. The van der Waals surface area contributed by atoms with Crippen LogP contribution in [0.2, 0.25) is 5.02 Å². The van der Waals surface area contributed by atoms with E-state index in [2.05, 4.69) is 15.3 Å². The maximum absolute atomic E-state index is 14.2. The molecule has 1 aromatic heterocycles. The average molecular weight is 446 g/mol. The zero-order valence-corrected chi connectivity index (χ0v) is 17.5. The summed E-state index contributed by atoms with van der Waals surface area (Å²) in [6.07, 6.45) is 1.41. The number of methoxy groups -OCH3 is 1. The minimum absolute atomic E-state index is 0. The molecule has 4 rings (SSSR count). The molecule has 0 aliphatic heterocycles. The van der Waals surface area contributed by atoms with Crippen LogP contribution in [0.1, 0.15) is 5.56 Å². The van der Waals surface area contributed by atoms with Gasteiger partial charge in [0.25, 0.3) is 0 Å². The maximum atomic E-state index is 14.2. The molecule has 0 amide bonds. The number of nitrogens with one attached hydrogen (secondary N) is 1. The molecule has 30 heavy (non-hydrogen) atoms. The van der Waals surface area contributed by atoms with Gasteiger partial charge in [-0.1, -0.05) is 41.9 Å². The molecule has 0 saturated heterocycles. The van der Waals surface area contributed by atoms with Crippen LogP contribution < -0.4 is 14.8 Å². The number of halogens is 3. The molecule has 8 heteroatoms. The lowest BCUT2D eigenvalue weighted by molar-refractivity contribution is 0.285. The van der Waals surface area contributed by atoms with Gasteiger partial charge in [0.2, 0.25) is 0 Å². The van der Waals surface area contributed by atoms with Crippen molar-refractivity contribution >= 4 is 46.4 Å². The predicted molar refractivity (Wildman–Crippen MR) is 119 cm³/mol. The number of hydrogen-bond donors (Lipinski definition) is 1. The van der Waals surface area contributed by atoms with Gasteiger partial charge in [-0.15, -0.1) is 12.4 Å². The van der Waals surface area contributed by atoms with Gasteiger partial charge in [-0.05, 0) is 29.8 Å². The Balaban J connectivity index is 0.00000256. The highest BCUT2D eigenvalue weighted by atomic mass is 35.5. The predicted octanol–water partition coefficient (Wildman–Crippen LogP) is 6.18. The smallest absolute Gasteiger partial charge is 0.163 e. The van der Waals surface area contributed by atoms with E-state index >= 15 is 0 Å². The van der Waals surface area contributed by atoms with Crippen molar-refractivity contribution in [1.29, 1.82) is 0 Å². The molecule has 0 aliphatic rings. The Morgan fingerprint density at radius 2 is 1.80 bits per heavy atom. The summed E-state index contributed by atoms with van der Waals surface area (Å²) in [4.78, 5) is 8.56. The van der Waals surface area contributed by atoms with Crippen LogP contribution in [-0.2, 0) is 6.61 Å². The molecule has 154 valence electrons. The van der Waals surface area contributed by atoms with Crippen LogP contribution in [0.25, 0.3) is 10.9 Å². The summed E-state index contributed by atoms with van der Waals surface area (Å²) in [6.45, 7) is 0.398. The summed E-state index contributed by atoms with van der Waals surface area (Å²) in [5, 5.41) is 3.98. The van der Waals surface area contributed by atoms with Crippen molar-refractivity contribution in [3.63, 3.8) is 0 Å². The minimum Gasteiger partial charge on any atom is -0.493 e. The summed E-state index contributed by atoms with van der Waals surface area (Å²) in [7, 11) is 1.56. The molecule has 1 N–H and O–H groups in total. The van der Waals surface area contributed by atoms with Crippen molar-refractivity contribution in [2.75, 3.05) is 12.4 Å². The molecule has 3 aromatic carbocycles. The molecule has 0 aliphatic carbocycles. The van der Waals surface area contributed by atoms with Gasteiger partial charge in [0.15, 0.2) is 11.5 Å². The Labute approximate surface area is 184 Å². The summed E-state index contributed by atoms with van der Waals surface area (Å²) in [6, 6.07) is 17.8. The number of fused-ring (bicyclic) bond motifs is 1. The van der Waals surface area contributed by atoms with Crippen molar-refractivity contribution < 1.29 is 13.9 Å². The third-order valence-corrected chi connectivity index (χ3v) is 4.58. The van der Waals surface area contributed by atoms with E-state index in [1.807, 2.05) is 30.3 Å². The van der Waals surface area contributed by atoms with Gasteiger partial charge in [-0.3, -0.25) is 0 Å². The van der Waals surface area contributed by atoms with Crippen LogP contribution in [-0.4, -0.2) is 17.1 Å². The largest absolute Gasteiger partial charge is 0.493 e. The van der Waals surface area contributed by atoms with Crippen LogP contribution in [0.4, 0.5) is 15.9 Å². The fraction of sp³-hybridized carbons (Fsp3) is 0.0909. The van der Waals surface area contributed by atoms with Crippen LogP contribution in [0, 0.1) is 5.82 Å². The first-order valence-electron chi connectivity index (χ1n) is 8.85. The molecule has 5 nitrogen and oxygen atoms in total. The number of benzene rings is 3. The lowest BCUT2D eigenvalue weighted by Crippen LogP contribution is -2.01. The van der Waals surface area contributed by atoms with Gasteiger partial charge in [0, 0.05) is 16.5 Å². The fourth-order valence-electron chi connectivity index (χ4n) is 2.89. The second kappa shape index (κ2) is 9.61. The van der Waals surface area contributed by atoms with Crippen LogP contribution in [0.15, 0.2) is 67.0 Å². The molecule has 0 bridgehead atoms. The van der Waals surface area contributed by atoms with Crippen molar-refractivity contribution in [2.45, 2.75) is 6.61 Å². The Morgan fingerprint density at radius 3 is 2.53 bits per heavy atom. The highest BCUT2D eigenvalue weighted by Gasteiger charge is 2.13. The zero-order valence-electron chi connectivity index (χ0n) is 15.9. The Kier molecular flexibility index (Phi) is 6.92. The number of ether oxygens (including phenoxy) is 2. The van der Waals surface area contributed by atoms with E-state index in [0.717, 1.165) is 5.56 Å². The van der Waals surface area contributed by atoms with Gasteiger partial charge in [-0.25, -0.2) is 14.4 Å². The number of anilines is 2. The monoisotopic (exact) mass is 445 g/mol. The van der Waals surface area contributed by atoms with Crippen molar-refractivity contribution in [1.82, 2.24) is 9.97 Å². The Hall–Kier alpha value is -3.09. The number of hydrogen-bond acceptors (Lipinski definition) is 5. The van der Waals surface area contributed by atoms with Crippen LogP contribution in [0.5, 0.6) is 11.5 Å². The first kappa shape index (κ1) is 21.6.